The fraction of sp³-hybridized carbons (Fsp3) is 0.333. The largest absolute Gasteiger partial charge is 0.388 e. The van der Waals surface area contributed by atoms with Gasteiger partial charge in [0.2, 0.25) is 0 Å². The van der Waals surface area contributed by atoms with Crippen LogP contribution >= 0.6 is 11.7 Å². The summed E-state index contributed by atoms with van der Waals surface area (Å²) in [5.41, 5.74) is 0.726. The summed E-state index contributed by atoms with van der Waals surface area (Å²) in [6.45, 7) is 0. The summed E-state index contributed by atoms with van der Waals surface area (Å²) >= 11 is 3.40. The number of hydrogen-bond acceptors (Lipinski definition) is 3. The van der Waals surface area contributed by atoms with Crippen molar-refractivity contribution in [2.75, 3.05) is 5.75 Å². The third-order valence-electron chi connectivity index (χ3n) is 1.83. The van der Waals surface area contributed by atoms with Crippen molar-refractivity contribution in [3.05, 3.63) is 35.9 Å². The SMILES string of the molecule is O=S(=O)(S)CC[C@@H](O)c1ccccc1. The van der Waals surface area contributed by atoms with E-state index in [9.17, 15) is 13.5 Å². The molecule has 0 aliphatic heterocycles. The highest BCUT2D eigenvalue weighted by atomic mass is 33.1. The van der Waals surface area contributed by atoms with Gasteiger partial charge in [0.25, 0.3) is 0 Å². The zero-order valence-electron chi connectivity index (χ0n) is 7.50. The molecule has 0 fully saturated rings. The molecule has 0 aliphatic carbocycles. The van der Waals surface area contributed by atoms with E-state index in [4.69, 9.17) is 0 Å². The summed E-state index contributed by atoms with van der Waals surface area (Å²) in [5.74, 6) is -0.119. The highest BCUT2D eigenvalue weighted by Gasteiger charge is 2.11. The van der Waals surface area contributed by atoms with E-state index in [1.165, 1.54) is 0 Å². The summed E-state index contributed by atoms with van der Waals surface area (Å²) in [5, 5.41) is 9.59. The molecule has 0 unspecified atom stereocenters. The topological polar surface area (TPSA) is 54.4 Å². The van der Waals surface area contributed by atoms with Crippen molar-refractivity contribution in [3.63, 3.8) is 0 Å². The van der Waals surface area contributed by atoms with Crippen LogP contribution in [0.4, 0.5) is 0 Å². The molecule has 78 valence electrons. The monoisotopic (exact) mass is 232 g/mol. The summed E-state index contributed by atoms with van der Waals surface area (Å²) in [6.07, 6.45) is -0.561. The highest BCUT2D eigenvalue weighted by Crippen LogP contribution is 2.17. The number of aliphatic hydroxyl groups excluding tert-OH is 1. The van der Waals surface area contributed by atoms with Gasteiger partial charge in [0, 0.05) is 0 Å². The Labute approximate surface area is 88.5 Å². The molecule has 0 bridgehead atoms. The molecule has 0 radical (unpaired) electrons. The van der Waals surface area contributed by atoms with E-state index in [-0.39, 0.29) is 12.2 Å². The van der Waals surface area contributed by atoms with E-state index < -0.39 is 15.0 Å². The zero-order valence-corrected chi connectivity index (χ0v) is 9.21. The van der Waals surface area contributed by atoms with Crippen LogP contribution < -0.4 is 0 Å². The second-order valence-electron chi connectivity index (χ2n) is 3.00. The zero-order chi connectivity index (χ0) is 10.6. The van der Waals surface area contributed by atoms with Gasteiger partial charge >= 0.3 is 0 Å². The van der Waals surface area contributed by atoms with Crippen molar-refractivity contribution >= 4 is 20.5 Å². The fourth-order valence-electron chi connectivity index (χ4n) is 1.10. The van der Waals surface area contributed by atoms with Gasteiger partial charge in [-0.2, -0.15) is 0 Å². The lowest BCUT2D eigenvalue weighted by atomic mass is 10.1. The van der Waals surface area contributed by atoms with Crippen LogP contribution in [0.25, 0.3) is 0 Å². The highest BCUT2D eigenvalue weighted by molar-refractivity contribution is 8.63. The molecule has 1 aromatic rings. The number of thiol groups is 1. The Bertz CT molecular complexity index is 372. The van der Waals surface area contributed by atoms with E-state index in [1.54, 1.807) is 24.3 Å². The second kappa shape index (κ2) is 4.82. The number of benzene rings is 1. The lowest BCUT2D eigenvalue weighted by Gasteiger charge is -2.09. The summed E-state index contributed by atoms with van der Waals surface area (Å²) in [6, 6.07) is 8.96. The molecule has 0 aromatic heterocycles. The Hall–Kier alpha value is -0.520. The van der Waals surface area contributed by atoms with Crippen LogP contribution in [0.3, 0.4) is 0 Å². The maximum absolute atomic E-state index is 10.7. The summed E-state index contributed by atoms with van der Waals surface area (Å²) in [4.78, 5) is 0. The van der Waals surface area contributed by atoms with Crippen LogP contribution in [0, 0.1) is 0 Å². The molecule has 0 spiro atoms. The number of aliphatic hydroxyl groups is 1. The first kappa shape index (κ1) is 11.6. The van der Waals surface area contributed by atoms with Crippen molar-refractivity contribution in [3.8, 4) is 0 Å². The molecule has 1 N–H and O–H groups in total. The molecule has 3 nitrogen and oxygen atoms in total. The van der Waals surface area contributed by atoms with Crippen LogP contribution in [0.15, 0.2) is 30.3 Å². The number of rotatable bonds is 4. The summed E-state index contributed by atoms with van der Waals surface area (Å²) < 4.78 is 21.4. The molecule has 0 saturated carbocycles. The van der Waals surface area contributed by atoms with Crippen LogP contribution in [-0.4, -0.2) is 19.3 Å². The van der Waals surface area contributed by atoms with Gasteiger partial charge < -0.3 is 5.11 Å². The average molecular weight is 232 g/mol. The second-order valence-corrected chi connectivity index (χ2v) is 6.24. The van der Waals surface area contributed by atoms with E-state index in [0.29, 0.717) is 0 Å². The molecule has 0 amide bonds. The minimum atomic E-state index is -3.29. The first-order valence-corrected chi connectivity index (χ1v) is 6.87. The third-order valence-corrected chi connectivity index (χ3v) is 3.13. The Morgan fingerprint density at radius 1 is 1.29 bits per heavy atom. The molecular formula is C9H12O3S2. The smallest absolute Gasteiger partial charge is 0.198 e. The quantitative estimate of drug-likeness (QED) is 0.609. The van der Waals surface area contributed by atoms with Crippen LogP contribution in [0.5, 0.6) is 0 Å². The molecule has 0 aliphatic rings. The van der Waals surface area contributed by atoms with Gasteiger partial charge in [0.05, 0.1) is 11.9 Å². The van der Waals surface area contributed by atoms with Crippen LogP contribution in [-0.2, 0) is 8.87 Å². The van der Waals surface area contributed by atoms with Crippen molar-refractivity contribution in [2.24, 2.45) is 0 Å². The fourth-order valence-corrected chi connectivity index (χ4v) is 1.94. The van der Waals surface area contributed by atoms with Gasteiger partial charge in [0.1, 0.15) is 0 Å². The Kier molecular flexibility index (Phi) is 3.97. The molecule has 1 rings (SSSR count). The minimum Gasteiger partial charge on any atom is -0.388 e. The van der Waals surface area contributed by atoms with E-state index >= 15 is 0 Å². The van der Waals surface area contributed by atoms with Gasteiger partial charge in [0.15, 0.2) is 8.87 Å². The minimum absolute atomic E-state index is 0.119. The van der Waals surface area contributed by atoms with Gasteiger partial charge in [-0.25, -0.2) is 8.42 Å². The predicted octanol–water partition coefficient (Wildman–Crippen LogP) is 1.37. The molecule has 5 heteroatoms. The molecule has 0 heterocycles. The van der Waals surface area contributed by atoms with Crippen molar-refractivity contribution < 1.29 is 13.5 Å². The Morgan fingerprint density at radius 3 is 2.36 bits per heavy atom. The van der Waals surface area contributed by atoms with Crippen LogP contribution in [0.2, 0.25) is 0 Å². The van der Waals surface area contributed by atoms with Crippen molar-refractivity contribution in [1.82, 2.24) is 0 Å². The maximum atomic E-state index is 10.7. The van der Waals surface area contributed by atoms with Gasteiger partial charge in [-0.3, -0.25) is 0 Å². The van der Waals surface area contributed by atoms with Gasteiger partial charge in [-0.1, -0.05) is 30.3 Å². The maximum Gasteiger partial charge on any atom is 0.198 e. The molecule has 0 saturated heterocycles. The molecule has 14 heavy (non-hydrogen) atoms. The van der Waals surface area contributed by atoms with Gasteiger partial charge in [-0.15, -0.1) is 0 Å². The first-order chi connectivity index (χ1) is 6.49. The Morgan fingerprint density at radius 2 is 1.86 bits per heavy atom. The lowest BCUT2D eigenvalue weighted by molar-refractivity contribution is 0.174. The Balaban J connectivity index is 2.56. The normalized spacial score (nSPS) is 13.9. The average Bonchev–Trinajstić information content (AvgIpc) is 2.14. The van der Waals surface area contributed by atoms with Crippen molar-refractivity contribution in [1.29, 1.82) is 0 Å². The first-order valence-electron chi connectivity index (χ1n) is 4.17. The van der Waals surface area contributed by atoms with Crippen LogP contribution in [0.1, 0.15) is 18.1 Å². The molecular weight excluding hydrogens is 220 g/mol. The summed E-state index contributed by atoms with van der Waals surface area (Å²) in [7, 11) is -3.29. The van der Waals surface area contributed by atoms with E-state index in [2.05, 4.69) is 11.7 Å². The standard InChI is InChI=1S/C9H12O3S2/c10-9(6-7-14(11,12)13)8-4-2-1-3-5-8/h1-5,9-10H,6-7H2,(H,11,12,13)/t9-/m1/s1. The van der Waals surface area contributed by atoms with E-state index in [0.717, 1.165) is 5.56 Å². The van der Waals surface area contributed by atoms with Crippen molar-refractivity contribution in [2.45, 2.75) is 12.5 Å². The predicted molar refractivity (Wildman–Crippen MR) is 58.8 cm³/mol. The van der Waals surface area contributed by atoms with Gasteiger partial charge in [-0.05, 0) is 23.6 Å². The molecule has 1 atom stereocenters. The third kappa shape index (κ3) is 4.13. The lowest BCUT2D eigenvalue weighted by Crippen LogP contribution is -2.05. The number of hydrogen-bond donors (Lipinski definition) is 2. The molecule has 1 aromatic carbocycles. The van der Waals surface area contributed by atoms with E-state index in [1.807, 2.05) is 6.07 Å².